The molecule has 0 aliphatic carbocycles. The quantitative estimate of drug-likeness (QED) is 0.337. The van der Waals surface area contributed by atoms with Gasteiger partial charge in [-0.3, -0.25) is 9.79 Å². The second-order valence-corrected chi connectivity index (χ2v) is 5.62. The maximum absolute atomic E-state index is 12.2. The van der Waals surface area contributed by atoms with Crippen molar-refractivity contribution in [2.24, 2.45) is 4.99 Å². The van der Waals surface area contributed by atoms with Gasteiger partial charge in [-0.05, 0) is 44.9 Å². The number of carbonyl (C=O) groups is 1. The summed E-state index contributed by atoms with van der Waals surface area (Å²) < 4.78 is 0. The van der Waals surface area contributed by atoms with Crippen LogP contribution in [0, 0.1) is 12.3 Å². The van der Waals surface area contributed by atoms with Crippen molar-refractivity contribution in [1.82, 2.24) is 0 Å². The number of rotatable bonds is 6. The molecule has 25 heavy (non-hydrogen) atoms. The van der Waals surface area contributed by atoms with Crippen LogP contribution in [0.2, 0.25) is 0 Å². The van der Waals surface area contributed by atoms with Crippen LogP contribution in [0.3, 0.4) is 0 Å². The van der Waals surface area contributed by atoms with Gasteiger partial charge in [-0.15, -0.1) is 6.42 Å². The monoisotopic (exact) mass is 332 g/mol. The third-order valence-electron chi connectivity index (χ3n) is 3.70. The standard InChI is InChI=1S/C22H24N2O/c1-8-12-20(16(5)9-2)23-18(7)19-13-10-11-14-21(19)24-22(25)17(6)15(3)4/h1,9-14H,3,6H2,2,4-5,7H3,(H,24,25)/b16-9-,20-12+,23-18?. The minimum absolute atomic E-state index is 0.281. The van der Waals surface area contributed by atoms with Crippen molar-refractivity contribution in [3.8, 4) is 12.3 Å². The molecule has 1 N–H and O–H groups in total. The van der Waals surface area contributed by atoms with E-state index in [9.17, 15) is 4.79 Å². The molecule has 0 aliphatic rings. The highest BCUT2D eigenvalue weighted by atomic mass is 16.1. The van der Waals surface area contributed by atoms with E-state index in [4.69, 9.17) is 6.42 Å². The number of hydrogen-bond acceptors (Lipinski definition) is 2. The molecule has 3 nitrogen and oxygen atoms in total. The lowest BCUT2D eigenvalue weighted by atomic mass is 10.1. The van der Waals surface area contributed by atoms with Crippen molar-refractivity contribution in [3.63, 3.8) is 0 Å². The van der Waals surface area contributed by atoms with Crippen molar-refractivity contribution in [2.75, 3.05) is 5.32 Å². The lowest BCUT2D eigenvalue weighted by Crippen LogP contribution is -2.16. The second-order valence-electron chi connectivity index (χ2n) is 5.62. The summed E-state index contributed by atoms with van der Waals surface area (Å²) in [5.74, 6) is 2.23. The van der Waals surface area contributed by atoms with Crippen LogP contribution in [0.15, 0.2) is 77.0 Å². The Balaban J connectivity index is 3.27. The van der Waals surface area contributed by atoms with Gasteiger partial charge in [-0.2, -0.15) is 0 Å². The highest BCUT2D eigenvalue weighted by molar-refractivity contribution is 6.11. The van der Waals surface area contributed by atoms with Gasteiger partial charge in [-0.1, -0.05) is 43.4 Å². The van der Waals surface area contributed by atoms with Crippen molar-refractivity contribution in [1.29, 1.82) is 0 Å². The number of para-hydroxylation sites is 1. The summed E-state index contributed by atoms with van der Waals surface area (Å²) in [6.07, 6.45) is 8.97. The van der Waals surface area contributed by atoms with E-state index in [2.05, 4.69) is 29.4 Å². The van der Waals surface area contributed by atoms with Gasteiger partial charge >= 0.3 is 0 Å². The molecule has 1 aromatic carbocycles. The van der Waals surface area contributed by atoms with Crippen molar-refractivity contribution >= 4 is 17.3 Å². The molecule has 0 saturated heterocycles. The predicted molar refractivity (Wildman–Crippen MR) is 108 cm³/mol. The molecule has 0 aliphatic heterocycles. The SMILES string of the molecule is C#C/C=C(N=C(C)c1ccccc1NC(=O)C(=C)C(=C)C)\C(C)=C/C. The third kappa shape index (κ3) is 5.47. The largest absolute Gasteiger partial charge is 0.321 e. The van der Waals surface area contributed by atoms with Gasteiger partial charge < -0.3 is 5.32 Å². The average molecular weight is 332 g/mol. The Labute approximate surface area is 150 Å². The Morgan fingerprint density at radius 1 is 1.24 bits per heavy atom. The molecule has 0 atom stereocenters. The molecule has 0 radical (unpaired) electrons. The molecule has 128 valence electrons. The van der Waals surface area contributed by atoms with Crippen LogP contribution in [0.25, 0.3) is 0 Å². The molecule has 0 fully saturated rings. The number of nitrogens with one attached hydrogen (secondary N) is 1. The fourth-order valence-corrected chi connectivity index (χ4v) is 2.00. The van der Waals surface area contributed by atoms with Gasteiger partial charge in [-0.25, -0.2) is 0 Å². The molecule has 0 heterocycles. The highest BCUT2D eigenvalue weighted by Gasteiger charge is 2.12. The number of amides is 1. The van der Waals surface area contributed by atoms with E-state index in [1.165, 1.54) is 0 Å². The zero-order valence-electron chi connectivity index (χ0n) is 15.3. The average Bonchev–Trinajstić information content (AvgIpc) is 2.60. The maximum atomic E-state index is 12.2. The van der Waals surface area contributed by atoms with E-state index in [0.29, 0.717) is 16.8 Å². The Morgan fingerprint density at radius 3 is 2.44 bits per heavy atom. The normalized spacial score (nSPS) is 12.4. The predicted octanol–water partition coefficient (Wildman–Crippen LogP) is 5.05. The van der Waals surface area contributed by atoms with Crippen LogP contribution in [0.4, 0.5) is 5.69 Å². The number of terminal acetylenes is 1. The lowest BCUT2D eigenvalue weighted by Gasteiger charge is -2.13. The molecule has 3 heteroatoms. The minimum Gasteiger partial charge on any atom is -0.321 e. The van der Waals surface area contributed by atoms with Crippen LogP contribution in [-0.4, -0.2) is 11.6 Å². The number of allylic oxidation sites excluding steroid dienone is 3. The number of benzene rings is 1. The number of carbonyl (C=O) groups excluding carboxylic acids is 1. The first kappa shape index (κ1) is 19.9. The Hall–Kier alpha value is -3.12. The van der Waals surface area contributed by atoms with E-state index in [1.807, 2.05) is 51.1 Å². The van der Waals surface area contributed by atoms with Crippen LogP contribution >= 0.6 is 0 Å². The van der Waals surface area contributed by atoms with Gasteiger partial charge in [0, 0.05) is 22.9 Å². The highest BCUT2D eigenvalue weighted by Crippen LogP contribution is 2.20. The van der Waals surface area contributed by atoms with E-state index in [0.717, 1.165) is 22.5 Å². The van der Waals surface area contributed by atoms with Crippen LogP contribution in [0.1, 0.15) is 33.3 Å². The summed E-state index contributed by atoms with van der Waals surface area (Å²) in [6, 6.07) is 7.47. The van der Waals surface area contributed by atoms with Crippen LogP contribution in [-0.2, 0) is 4.79 Å². The van der Waals surface area contributed by atoms with E-state index >= 15 is 0 Å². The van der Waals surface area contributed by atoms with Gasteiger partial charge in [0.1, 0.15) is 0 Å². The minimum atomic E-state index is -0.281. The number of aliphatic imine (C=N–C) groups is 1. The van der Waals surface area contributed by atoms with Gasteiger partial charge in [0.05, 0.1) is 11.4 Å². The Kier molecular flexibility index (Phi) is 7.37. The Morgan fingerprint density at radius 2 is 1.88 bits per heavy atom. The molecule has 0 bridgehead atoms. The van der Waals surface area contributed by atoms with Crippen LogP contribution in [0.5, 0.6) is 0 Å². The van der Waals surface area contributed by atoms with Gasteiger partial charge in [0.15, 0.2) is 0 Å². The van der Waals surface area contributed by atoms with Crippen molar-refractivity contribution < 1.29 is 4.79 Å². The first-order valence-corrected chi connectivity index (χ1v) is 7.92. The molecule has 0 unspecified atom stereocenters. The fourth-order valence-electron chi connectivity index (χ4n) is 2.00. The van der Waals surface area contributed by atoms with Gasteiger partial charge in [0.25, 0.3) is 5.91 Å². The summed E-state index contributed by atoms with van der Waals surface area (Å²) >= 11 is 0. The molecule has 0 aromatic heterocycles. The number of hydrogen-bond donors (Lipinski definition) is 1. The molecule has 0 saturated carbocycles. The van der Waals surface area contributed by atoms with Crippen molar-refractivity contribution in [3.05, 3.63) is 77.6 Å². The Bertz CT molecular complexity index is 830. The summed E-state index contributed by atoms with van der Waals surface area (Å²) in [6.45, 7) is 15.0. The summed E-state index contributed by atoms with van der Waals surface area (Å²) in [4.78, 5) is 16.9. The zero-order valence-corrected chi connectivity index (χ0v) is 15.3. The molecular formula is C22H24N2O. The summed E-state index contributed by atoms with van der Waals surface area (Å²) in [7, 11) is 0. The van der Waals surface area contributed by atoms with Crippen molar-refractivity contribution in [2.45, 2.75) is 27.7 Å². The third-order valence-corrected chi connectivity index (χ3v) is 3.70. The second kappa shape index (κ2) is 9.24. The summed E-state index contributed by atoms with van der Waals surface area (Å²) in [5.41, 5.74) is 4.90. The maximum Gasteiger partial charge on any atom is 0.255 e. The van der Waals surface area contributed by atoms with E-state index < -0.39 is 0 Å². The lowest BCUT2D eigenvalue weighted by molar-refractivity contribution is -0.112. The topological polar surface area (TPSA) is 41.5 Å². The zero-order chi connectivity index (χ0) is 19.0. The number of nitrogens with zero attached hydrogens (tertiary/aromatic N) is 1. The molecule has 1 rings (SSSR count). The van der Waals surface area contributed by atoms with E-state index in [1.54, 1.807) is 13.0 Å². The molecular weight excluding hydrogens is 308 g/mol. The van der Waals surface area contributed by atoms with Gasteiger partial charge in [0.2, 0.25) is 0 Å². The molecule has 1 aromatic rings. The number of anilines is 1. The summed E-state index contributed by atoms with van der Waals surface area (Å²) in [5, 5.41) is 2.87. The smallest absolute Gasteiger partial charge is 0.255 e. The van der Waals surface area contributed by atoms with E-state index in [-0.39, 0.29) is 5.91 Å². The fraction of sp³-hybridized carbons (Fsp3) is 0.182. The molecule has 1 amide bonds. The van der Waals surface area contributed by atoms with Crippen LogP contribution < -0.4 is 5.32 Å². The molecule has 0 spiro atoms. The first-order chi connectivity index (χ1) is 11.8. The first-order valence-electron chi connectivity index (χ1n) is 7.92.